The summed E-state index contributed by atoms with van der Waals surface area (Å²) in [5, 5.41) is 11.8. The second kappa shape index (κ2) is 6.67. The first-order valence-electron chi connectivity index (χ1n) is 6.99. The maximum atomic E-state index is 12.8. The number of halogens is 1. The first kappa shape index (κ1) is 15.4. The lowest BCUT2D eigenvalue weighted by atomic mass is 10.0. The SMILES string of the molecule is N[C@@H]1CCC(C(=O)NC(Cc2ccc(F)cc2)C(=O)O)C1. The summed E-state index contributed by atoms with van der Waals surface area (Å²) in [6.07, 6.45) is 2.19. The van der Waals surface area contributed by atoms with Crippen LogP contribution in [0.5, 0.6) is 0 Å². The van der Waals surface area contributed by atoms with Crippen LogP contribution in [-0.2, 0) is 16.0 Å². The molecule has 21 heavy (non-hydrogen) atoms. The molecule has 114 valence electrons. The van der Waals surface area contributed by atoms with Crippen LogP contribution in [0.25, 0.3) is 0 Å². The number of nitrogens with two attached hydrogens (primary N) is 1. The number of amides is 1. The highest BCUT2D eigenvalue weighted by Gasteiger charge is 2.30. The Labute approximate surface area is 122 Å². The van der Waals surface area contributed by atoms with Crippen molar-refractivity contribution in [3.8, 4) is 0 Å². The minimum Gasteiger partial charge on any atom is -0.480 e. The summed E-state index contributed by atoms with van der Waals surface area (Å²) in [6, 6.07) is 4.57. The lowest BCUT2D eigenvalue weighted by Crippen LogP contribution is -2.44. The minimum atomic E-state index is -1.10. The first-order chi connectivity index (χ1) is 9.95. The van der Waals surface area contributed by atoms with E-state index in [0.29, 0.717) is 18.4 Å². The van der Waals surface area contributed by atoms with Gasteiger partial charge in [0.25, 0.3) is 0 Å². The number of carboxylic acid groups (broad SMARTS) is 1. The van der Waals surface area contributed by atoms with Gasteiger partial charge in [-0.05, 0) is 37.0 Å². The Bertz CT molecular complexity index is 518. The van der Waals surface area contributed by atoms with E-state index in [4.69, 9.17) is 5.73 Å². The van der Waals surface area contributed by atoms with Crippen molar-refractivity contribution in [1.82, 2.24) is 5.32 Å². The molecule has 1 saturated carbocycles. The summed E-state index contributed by atoms with van der Waals surface area (Å²) in [5.41, 5.74) is 6.42. The van der Waals surface area contributed by atoms with Crippen molar-refractivity contribution in [2.75, 3.05) is 0 Å². The lowest BCUT2D eigenvalue weighted by molar-refractivity contribution is -0.142. The summed E-state index contributed by atoms with van der Waals surface area (Å²) in [6.45, 7) is 0. The van der Waals surface area contributed by atoms with E-state index in [9.17, 15) is 19.1 Å². The second-order valence-electron chi connectivity index (χ2n) is 5.50. The summed E-state index contributed by atoms with van der Waals surface area (Å²) in [4.78, 5) is 23.3. The van der Waals surface area contributed by atoms with Crippen molar-refractivity contribution in [2.45, 2.75) is 37.8 Å². The molecule has 0 heterocycles. The van der Waals surface area contributed by atoms with Gasteiger partial charge in [0.05, 0.1) is 0 Å². The highest BCUT2D eigenvalue weighted by Crippen LogP contribution is 2.24. The summed E-state index contributed by atoms with van der Waals surface area (Å²) in [7, 11) is 0. The predicted molar refractivity (Wildman–Crippen MR) is 75.0 cm³/mol. The van der Waals surface area contributed by atoms with Crippen molar-refractivity contribution in [1.29, 1.82) is 0 Å². The van der Waals surface area contributed by atoms with Crippen molar-refractivity contribution in [2.24, 2.45) is 11.7 Å². The number of nitrogens with one attached hydrogen (secondary N) is 1. The summed E-state index contributed by atoms with van der Waals surface area (Å²) in [5.74, 6) is -1.96. The van der Waals surface area contributed by atoms with Gasteiger partial charge in [-0.1, -0.05) is 12.1 Å². The number of hydrogen-bond acceptors (Lipinski definition) is 3. The van der Waals surface area contributed by atoms with Crippen LogP contribution >= 0.6 is 0 Å². The molecule has 0 radical (unpaired) electrons. The Morgan fingerprint density at radius 3 is 2.52 bits per heavy atom. The number of carbonyl (C=O) groups is 2. The summed E-state index contributed by atoms with van der Waals surface area (Å²) < 4.78 is 12.8. The molecule has 1 fully saturated rings. The predicted octanol–water partition coefficient (Wildman–Crippen LogP) is 1.06. The van der Waals surface area contributed by atoms with Crippen LogP contribution in [0, 0.1) is 11.7 Å². The van der Waals surface area contributed by atoms with Crippen molar-refractivity contribution in [3.05, 3.63) is 35.6 Å². The molecule has 5 nitrogen and oxygen atoms in total. The van der Waals surface area contributed by atoms with Crippen LogP contribution in [-0.4, -0.2) is 29.1 Å². The molecule has 0 saturated heterocycles. The average Bonchev–Trinajstić information content (AvgIpc) is 2.87. The second-order valence-corrected chi connectivity index (χ2v) is 5.50. The van der Waals surface area contributed by atoms with E-state index in [1.807, 2.05) is 0 Å². The fraction of sp³-hybridized carbons (Fsp3) is 0.467. The van der Waals surface area contributed by atoms with Crippen molar-refractivity contribution < 1.29 is 19.1 Å². The van der Waals surface area contributed by atoms with Gasteiger partial charge in [-0.2, -0.15) is 0 Å². The fourth-order valence-corrected chi connectivity index (χ4v) is 2.60. The smallest absolute Gasteiger partial charge is 0.326 e. The molecular formula is C15H19FN2O3. The number of carbonyl (C=O) groups excluding carboxylic acids is 1. The van der Waals surface area contributed by atoms with Gasteiger partial charge in [-0.25, -0.2) is 9.18 Å². The highest BCUT2D eigenvalue weighted by molar-refractivity contribution is 5.85. The molecule has 6 heteroatoms. The van der Waals surface area contributed by atoms with Gasteiger partial charge in [0, 0.05) is 18.4 Å². The Morgan fingerprint density at radius 2 is 2.00 bits per heavy atom. The van der Waals surface area contributed by atoms with E-state index < -0.39 is 12.0 Å². The third-order valence-electron chi connectivity index (χ3n) is 3.81. The Hall–Kier alpha value is -1.95. The number of benzene rings is 1. The van der Waals surface area contributed by atoms with Crippen LogP contribution in [0.3, 0.4) is 0 Å². The molecule has 1 amide bonds. The molecule has 4 N–H and O–H groups in total. The average molecular weight is 294 g/mol. The summed E-state index contributed by atoms with van der Waals surface area (Å²) >= 11 is 0. The maximum absolute atomic E-state index is 12.8. The molecule has 2 unspecified atom stereocenters. The van der Waals surface area contributed by atoms with E-state index in [1.165, 1.54) is 24.3 Å². The third-order valence-corrected chi connectivity index (χ3v) is 3.81. The molecule has 0 aliphatic heterocycles. The topological polar surface area (TPSA) is 92.4 Å². The third kappa shape index (κ3) is 4.26. The van der Waals surface area contributed by atoms with Gasteiger partial charge < -0.3 is 16.2 Å². The molecule has 1 aliphatic rings. The molecular weight excluding hydrogens is 275 g/mol. The van der Waals surface area contributed by atoms with Crippen LogP contribution in [0.4, 0.5) is 4.39 Å². The van der Waals surface area contributed by atoms with Crippen molar-refractivity contribution in [3.63, 3.8) is 0 Å². The molecule has 0 bridgehead atoms. The lowest BCUT2D eigenvalue weighted by Gasteiger charge is -2.17. The fourth-order valence-electron chi connectivity index (χ4n) is 2.60. The molecule has 1 aliphatic carbocycles. The number of carboxylic acids is 1. The zero-order valence-corrected chi connectivity index (χ0v) is 11.6. The Balaban J connectivity index is 1.97. The van der Waals surface area contributed by atoms with Gasteiger partial charge >= 0.3 is 5.97 Å². The monoisotopic (exact) mass is 294 g/mol. The van der Waals surface area contributed by atoms with Crippen LogP contribution in [0.15, 0.2) is 24.3 Å². The molecule has 1 aromatic carbocycles. The van der Waals surface area contributed by atoms with Gasteiger partial charge in [-0.15, -0.1) is 0 Å². The number of rotatable bonds is 5. The van der Waals surface area contributed by atoms with Gasteiger partial charge in [-0.3, -0.25) is 4.79 Å². The van der Waals surface area contributed by atoms with E-state index in [1.54, 1.807) is 0 Å². The minimum absolute atomic E-state index is 0.0149. The van der Waals surface area contributed by atoms with Gasteiger partial charge in [0.2, 0.25) is 5.91 Å². The maximum Gasteiger partial charge on any atom is 0.326 e. The largest absolute Gasteiger partial charge is 0.480 e. The molecule has 2 rings (SSSR count). The van der Waals surface area contributed by atoms with E-state index >= 15 is 0 Å². The standard InChI is InChI=1S/C15H19FN2O3/c16-11-4-1-9(2-5-11)7-13(15(20)21)18-14(19)10-3-6-12(17)8-10/h1-2,4-5,10,12-13H,3,6-8,17H2,(H,18,19)(H,20,21)/t10?,12-,13?/m1/s1. The van der Waals surface area contributed by atoms with E-state index in [2.05, 4.69) is 5.32 Å². The number of aliphatic carboxylic acids is 1. The van der Waals surface area contributed by atoms with Crippen LogP contribution in [0.2, 0.25) is 0 Å². The van der Waals surface area contributed by atoms with Gasteiger partial charge in [0.15, 0.2) is 0 Å². The molecule has 0 aromatic heterocycles. The Morgan fingerprint density at radius 1 is 1.33 bits per heavy atom. The van der Waals surface area contributed by atoms with Crippen molar-refractivity contribution >= 4 is 11.9 Å². The first-order valence-corrected chi connectivity index (χ1v) is 6.99. The molecule has 0 spiro atoms. The quantitative estimate of drug-likeness (QED) is 0.757. The normalized spacial score (nSPS) is 22.8. The van der Waals surface area contributed by atoms with Crippen LogP contribution < -0.4 is 11.1 Å². The van der Waals surface area contributed by atoms with Crippen LogP contribution in [0.1, 0.15) is 24.8 Å². The zero-order valence-electron chi connectivity index (χ0n) is 11.6. The zero-order chi connectivity index (χ0) is 15.4. The van der Waals surface area contributed by atoms with E-state index in [-0.39, 0.29) is 30.1 Å². The molecule has 1 aromatic rings. The van der Waals surface area contributed by atoms with Gasteiger partial charge in [0.1, 0.15) is 11.9 Å². The number of hydrogen-bond donors (Lipinski definition) is 3. The highest BCUT2D eigenvalue weighted by atomic mass is 19.1. The van der Waals surface area contributed by atoms with E-state index in [0.717, 1.165) is 6.42 Å². The molecule has 3 atom stereocenters. The Kier molecular flexibility index (Phi) is 4.90.